The van der Waals surface area contributed by atoms with E-state index in [0.717, 1.165) is 37.7 Å². The molecular weight excluding hydrogens is 320 g/mol. The fourth-order valence-corrected chi connectivity index (χ4v) is 4.14. The standard InChI is InChI=1S/C20H24O5/c1-13(21)24-15-9-7-14(8-10-15)16-20(11-5-4-6-12-20)17(22)19(2,3)18(23)25-16/h7-10,16H,4-6,11-12H2,1-3H3. The quantitative estimate of drug-likeness (QED) is 0.464. The number of carbonyl (C=O) groups excluding carboxylic acids is 3. The second-order valence-electron chi connectivity index (χ2n) is 7.62. The molecule has 2 aliphatic rings. The normalized spacial score (nSPS) is 24.7. The molecule has 25 heavy (non-hydrogen) atoms. The topological polar surface area (TPSA) is 69.7 Å². The number of ether oxygens (including phenoxy) is 2. The van der Waals surface area contributed by atoms with Gasteiger partial charge in [-0.1, -0.05) is 31.4 Å². The Balaban J connectivity index is 1.98. The first-order chi connectivity index (χ1) is 11.8. The predicted molar refractivity (Wildman–Crippen MR) is 90.9 cm³/mol. The van der Waals surface area contributed by atoms with Crippen LogP contribution >= 0.6 is 0 Å². The summed E-state index contributed by atoms with van der Waals surface area (Å²) in [6.07, 6.45) is 3.91. The summed E-state index contributed by atoms with van der Waals surface area (Å²) in [5.74, 6) is -0.437. The number of hydrogen-bond acceptors (Lipinski definition) is 5. The van der Waals surface area contributed by atoms with Crippen molar-refractivity contribution in [2.45, 2.75) is 59.0 Å². The average Bonchev–Trinajstić information content (AvgIpc) is 2.58. The molecule has 1 unspecified atom stereocenters. The lowest BCUT2D eigenvalue weighted by Crippen LogP contribution is -2.55. The summed E-state index contributed by atoms with van der Waals surface area (Å²) in [4.78, 5) is 36.8. The monoisotopic (exact) mass is 344 g/mol. The molecule has 0 bridgehead atoms. The second-order valence-corrected chi connectivity index (χ2v) is 7.62. The first-order valence-corrected chi connectivity index (χ1v) is 8.82. The van der Waals surface area contributed by atoms with Gasteiger partial charge in [0.05, 0.1) is 5.41 Å². The zero-order valence-corrected chi connectivity index (χ0v) is 15.0. The molecule has 1 spiro atoms. The Morgan fingerprint density at radius 3 is 2.24 bits per heavy atom. The van der Waals surface area contributed by atoms with Crippen molar-refractivity contribution < 1.29 is 23.9 Å². The molecule has 1 aromatic rings. The maximum Gasteiger partial charge on any atom is 0.319 e. The van der Waals surface area contributed by atoms with Gasteiger partial charge in [-0.05, 0) is 44.4 Å². The van der Waals surface area contributed by atoms with Gasteiger partial charge in [-0.25, -0.2) is 0 Å². The smallest absolute Gasteiger partial charge is 0.319 e. The number of carbonyl (C=O) groups is 3. The van der Waals surface area contributed by atoms with Crippen LogP contribution in [-0.2, 0) is 19.1 Å². The number of benzene rings is 1. The minimum atomic E-state index is -1.11. The highest BCUT2D eigenvalue weighted by molar-refractivity contribution is 6.08. The highest BCUT2D eigenvalue weighted by Crippen LogP contribution is 2.55. The van der Waals surface area contributed by atoms with E-state index < -0.39 is 28.9 Å². The van der Waals surface area contributed by atoms with Gasteiger partial charge in [0.1, 0.15) is 17.3 Å². The third-order valence-corrected chi connectivity index (χ3v) is 5.45. The molecule has 0 aromatic heterocycles. The number of hydrogen-bond donors (Lipinski definition) is 0. The minimum absolute atomic E-state index is 0.00925. The van der Waals surface area contributed by atoms with Gasteiger partial charge in [-0.2, -0.15) is 0 Å². The van der Waals surface area contributed by atoms with E-state index in [1.165, 1.54) is 6.92 Å². The molecule has 2 fully saturated rings. The van der Waals surface area contributed by atoms with Gasteiger partial charge in [0.15, 0.2) is 5.78 Å². The van der Waals surface area contributed by atoms with Gasteiger partial charge in [0.25, 0.3) is 0 Å². The van der Waals surface area contributed by atoms with Gasteiger partial charge < -0.3 is 9.47 Å². The molecule has 0 N–H and O–H groups in total. The van der Waals surface area contributed by atoms with E-state index in [1.54, 1.807) is 38.1 Å². The SMILES string of the molecule is CC(=O)Oc1ccc(C2OC(=O)C(C)(C)C(=O)C23CCCCC3)cc1. The van der Waals surface area contributed by atoms with Gasteiger partial charge in [-0.3, -0.25) is 14.4 Å². The largest absolute Gasteiger partial charge is 0.456 e. The zero-order valence-electron chi connectivity index (χ0n) is 15.0. The number of Topliss-reactive ketones (excluding diaryl/α,β-unsaturated/α-hetero) is 1. The van der Waals surface area contributed by atoms with Crippen molar-refractivity contribution in [1.29, 1.82) is 0 Å². The Morgan fingerprint density at radius 2 is 1.68 bits per heavy atom. The second kappa shape index (κ2) is 6.28. The summed E-state index contributed by atoms with van der Waals surface area (Å²) >= 11 is 0. The van der Waals surface area contributed by atoms with E-state index in [4.69, 9.17) is 9.47 Å². The molecule has 1 atom stereocenters. The molecular formula is C20H24O5. The highest BCUT2D eigenvalue weighted by Gasteiger charge is 2.60. The highest BCUT2D eigenvalue weighted by atomic mass is 16.6. The Labute approximate surface area is 147 Å². The van der Waals surface area contributed by atoms with Gasteiger partial charge in [-0.15, -0.1) is 0 Å². The van der Waals surface area contributed by atoms with Gasteiger partial charge in [0, 0.05) is 6.92 Å². The lowest BCUT2D eigenvalue weighted by molar-refractivity contribution is -0.192. The van der Waals surface area contributed by atoms with Crippen LogP contribution in [0.2, 0.25) is 0 Å². The van der Waals surface area contributed by atoms with E-state index in [0.29, 0.717) is 5.75 Å². The minimum Gasteiger partial charge on any atom is -0.456 e. The van der Waals surface area contributed by atoms with Crippen molar-refractivity contribution in [1.82, 2.24) is 0 Å². The lowest BCUT2D eigenvalue weighted by atomic mass is 9.59. The van der Waals surface area contributed by atoms with E-state index in [-0.39, 0.29) is 5.78 Å². The van der Waals surface area contributed by atoms with Crippen LogP contribution in [0.1, 0.15) is 64.5 Å². The van der Waals surface area contributed by atoms with Gasteiger partial charge in [0.2, 0.25) is 0 Å². The van der Waals surface area contributed by atoms with Crippen LogP contribution in [0.25, 0.3) is 0 Å². The molecule has 5 heteroatoms. The molecule has 134 valence electrons. The Hall–Kier alpha value is -2.17. The lowest BCUT2D eigenvalue weighted by Gasteiger charge is -2.49. The summed E-state index contributed by atoms with van der Waals surface area (Å²) in [6.45, 7) is 4.66. The van der Waals surface area contributed by atoms with Crippen LogP contribution in [0.3, 0.4) is 0 Å². The first kappa shape index (κ1) is 17.6. The van der Waals surface area contributed by atoms with Crippen LogP contribution in [0, 0.1) is 10.8 Å². The Kier molecular flexibility index (Phi) is 4.43. The molecule has 1 aromatic carbocycles. The third-order valence-electron chi connectivity index (χ3n) is 5.45. The van der Waals surface area contributed by atoms with Gasteiger partial charge >= 0.3 is 11.9 Å². The van der Waals surface area contributed by atoms with E-state index in [1.807, 2.05) is 0 Å². The summed E-state index contributed by atoms with van der Waals surface area (Å²) in [6, 6.07) is 6.90. The third kappa shape index (κ3) is 2.96. The number of ketones is 1. The molecule has 1 saturated heterocycles. The molecule has 1 aliphatic carbocycles. The summed E-state index contributed by atoms with van der Waals surface area (Å²) in [5, 5.41) is 0. The zero-order chi connectivity index (χ0) is 18.2. The molecule has 0 radical (unpaired) electrons. The number of cyclic esters (lactones) is 1. The maximum absolute atomic E-state index is 13.3. The van der Waals surface area contributed by atoms with Crippen molar-refractivity contribution in [3.05, 3.63) is 29.8 Å². The van der Waals surface area contributed by atoms with Crippen molar-refractivity contribution in [3.63, 3.8) is 0 Å². The molecule has 3 rings (SSSR count). The Bertz CT molecular complexity index is 695. The molecule has 0 amide bonds. The molecule has 1 aliphatic heterocycles. The molecule has 1 heterocycles. The average molecular weight is 344 g/mol. The molecule has 5 nitrogen and oxygen atoms in total. The van der Waals surface area contributed by atoms with Crippen molar-refractivity contribution in [3.8, 4) is 5.75 Å². The van der Waals surface area contributed by atoms with Crippen LogP contribution in [0.5, 0.6) is 5.75 Å². The maximum atomic E-state index is 13.3. The summed E-state index contributed by atoms with van der Waals surface area (Å²) < 4.78 is 10.9. The summed E-state index contributed by atoms with van der Waals surface area (Å²) in [7, 11) is 0. The summed E-state index contributed by atoms with van der Waals surface area (Å²) in [5.41, 5.74) is -0.987. The van der Waals surface area contributed by atoms with Crippen LogP contribution in [0.4, 0.5) is 0 Å². The van der Waals surface area contributed by atoms with Crippen molar-refractivity contribution in [2.24, 2.45) is 10.8 Å². The van der Waals surface area contributed by atoms with Crippen molar-refractivity contribution in [2.75, 3.05) is 0 Å². The van der Waals surface area contributed by atoms with Crippen molar-refractivity contribution >= 4 is 17.7 Å². The van der Waals surface area contributed by atoms with Crippen LogP contribution in [-0.4, -0.2) is 17.7 Å². The fourth-order valence-electron chi connectivity index (χ4n) is 4.14. The Morgan fingerprint density at radius 1 is 1.08 bits per heavy atom. The number of esters is 2. The fraction of sp³-hybridized carbons (Fsp3) is 0.550. The van der Waals surface area contributed by atoms with E-state index in [9.17, 15) is 14.4 Å². The first-order valence-electron chi connectivity index (χ1n) is 8.82. The van der Waals surface area contributed by atoms with Crippen LogP contribution in [0.15, 0.2) is 24.3 Å². The molecule has 1 saturated carbocycles. The number of rotatable bonds is 2. The van der Waals surface area contributed by atoms with Crippen LogP contribution < -0.4 is 4.74 Å². The van der Waals surface area contributed by atoms with E-state index >= 15 is 0 Å². The predicted octanol–water partition coefficient (Wildman–Crippen LogP) is 3.76. The van der Waals surface area contributed by atoms with E-state index in [2.05, 4.69) is 0 Å².